The van der Waals surface area contributed by atoms with E-state index in [-0.39, 0.29) is 0 Å². The second-order valence-corrected chi connectivity index (χ2v) is 7.04. The first-order valence-electron chi connectivity index (χ1n) is 7.46. The highest BCUT2D eigenvalue weighted by Crippen LogP contribution is 2.21. The lowest BCUT2D eigenvalue weighted by Gasteiger charge is -2.25. The van der Waals surface area contributed by atoms with Gasteiger partial charge in [-0.15, -0.1) is 5.10 Å². The van der Waals surface area contributed by atoms with Gasteiger partial charge in [-0.05, 0) is 23.8 Å². The molecule has 1 N–H and O–H groups in total. The highest BCUT2D eigenvalue weighted by atomic mass is 35.5. The van der Waals surface area contributed by atoms with Crippen molar-refractivity contribution >= 4 is 41.1 Å². The van der Waals surface area contributed by atoms with E-state index in [0.717, 1.165) is 26.2 Å². The van der Waals surface area contributed by atoms with Crippen LogP contribution in [0.4, 0.5) is 0 Å². The van der Waals surface area contributed by atoms with E-state index in [1.165, 1.54) is 16.0 Å². The molecule has 2 aromatic heterocycles. The van der Waals surface area contributed by atoms with Crippen LogP contribution in [0.1, 0.15) is 11.1 Å². The number of hydrogen-bond acceptors (Lipinski definition) is 2. The van der Waals surface area contributed by atoms with Gasteiger partial charge in [0.15, 0.2) is 12.3 Å². The predicted molar refractivity (Wildman–Crippen MR) is 93.7 cm³/mol. The second kappa shape index (κ2) is 5.91. The van der Waals surface area contributed by atoms with Crippen molar-refractivity contribution in [1.29, 1.82) is 0 Å². The van der Waals surface area contributed by atoms with Crippen molar-refractivity contribution in [2.75, 3.05) is 6.54 Å². The third kappa shape index (κ3) is 2.78. The SMILES string of the molecule is S=c1n(C[NH+]2CCc3ccccc3C2)nc2c(Cl)cc(Cl)cn12. The molecule has 4 rings (SSSR count). The predicted octanol–water partition coefficient (Wildman–Crippen LogP) is 2.77. The Balaban J connectivity index is 1.65. The number of nitrogens with one attached hydrogen (secondary N) is 1. The Morgan fingerprint density at radius 3 is 2.83 bits per heavy atom. The summed E-state index contributed by atoms with van der Waals surface area (Å²) >= 11 is 17.8. The van der Waals surface area contributed by atoms with Crippen molar-refractivity contribution in [2.24, 2.45) is 0 Å². The fourth-order valence-electron chi connectivity index (χ4n) is 3.14. The zero-order chi connectivity index (χ0) is 16.0. The van der Waals surface area contributed by atoms with Crippen molar-refractivity contribution in [1.82, 2.24) is 14.2 Å². The monoisotopic (exact) mass is 365 g/mol. The van der Waals surface area contributed by atoms with Gasteiger partial charge in [-0.1, -0.05) is 47.5 Å². The maximum Gasteiger partial charge on any atom is 0.207 e. The quantitative estimate of drug-likeness (QED) is 0.706. The Morgan fingerprint density at radius 2 is 2.00 bits per heavy atom. The van der Waals surface area contributed by atoms with E-state index in [1.807, 2.05) is 4.68 Å². The average molecular weight is 366 g/mol. The topological polar surface area (TPSA) is 26.7 Å². The summed E-state index contributed by atoms with van der Waals surface area (Å²) in [6, 6.07) is 10.3. The van der Waals surface area contributed by atoms with Gasteiger partial charge in [0.05, 0.1) is 16.6 Å². The molecule has 1 aromatic carbocycles. The molecule has 0 amide bonds. The van der Waals surface area contributed by atoms with E-state index in [1.54, 1.807) is 16.7 Å². The van der Waals surface area contributed by atoms with Crippen LogP contribution in [0.2, 0.25) is 10.0 Å². The molecule has 1 unspecified atom stereocenters. The first kappa shape index (κ1) is 15.1. The summed E-state index contributed by atoms with van der Waals surface area (Å²) in [7, 11) is 0. The number of nitrogens with zero attached hydrogens (tertiary/aromatic N) is 3. The molecule has 1 aliphatic rings. The third-order valence-electron chi connectivity index (χ3n) is 4.28. The van der Waals surface area contributed by atoms with E-state index in [2.05, 4.69) is 29.4 Å². The molecule has 0 spiro atoms. The van der Waals surface area contributed by atoms with Crippen molar-refractivity contribution < 1.29 is 4.90 Å². The fourth-order valence-corrected chi connectivity index (χ4v) is 3.89. The Labute approximate surface area is 148 Å². The smallest absolute Gasteiger partial charge is 0.207 e. The maximum atomic E-state index is 6.22. The Kier molecular flexibility index (Phi) is 3.89. The van der Waals surface area contributed by atoms with E-state index in [0.29, 0.717) is 20.5 Å². The number of pyridine rings is 1. The standard InChI is InChI=1S/C16H14Cl2N4S/c17-13-7-14(18)15-19-22(16(23)21(15)9-13)10-20-6-5-11-3-1-2-4-12(11)8-20/h1-4,7,9H,5-6,8,10H2/p+1. The molecule has 0 aliphatic carbocycles. The molecular weight excluding hydrogens is 351 g/mol. The zero-order valence-electron chi connectivity index (χ0n) is 12.3. The average Bonchev–Trinajstić information content (AvgIpc) is 2.84. The van der Waals surface area contributed by atoms with Crippen LogP contribution in [-0.2, 0) is 19.6 Å². The van der Waals surface area contributed by atoms with Gasteiger partial charge in [0.1, 0.15) is 6.54 Å². The molecule has 1 atom stereocenters. The molecule has 0 saturated carbocycles. The van der Waals surface area contributed by atoms with Gasteiger partial charge in [0.2, 0.25) is 4.77 Å². The summed E-state index contributed by atoms with van der Waals surface area (Å²) < 4.78 is 4.24. The molecule has 118 valence electrons. The van der Waals surface area contributed by atoms with Crippen LogP contribution in [0.15, 0.2) is 36.5 Å². The van der Waals surface area contributed by atoms with Crippen LogP contribution in [0.5, 0.6) is 0 Å². The number of fused-ring (bicyclic) bond motifs is 2. The minimum atomic E-state index is 0.515. The van der Waals surface area contributed by atoms with Crippen molar-refractivity contribution in [3.8, 4) is 0 Å². The molecule has 0 radical (unpaired) electrons. The molecule has 0 bridgehead atoms. The lowest BCUT2D eigenvalue weighted by Crippen LogP contribution is -3.11. The molecule has 3 aromatic rings. The van der Waals surface area contributed by atoms with Gasteiger partial charge in [0.25, 0.3) is 0 Å². The van der Waals surface area contributed by atoms with Crippen molar-refractivity contribution in [3.63, 3.8) is 0 Å². The lowest BCUT2D eigenvalue weighted by molar-refractivity contribution is -0.939. The Bertz CT molecular complexity index is 947. The van der Waals surface area contributed by atoms with Crippen molar-refractivity contribution in [2.45, 2.75) is 19.6 Å². The molecule has 1 aliphatic heterocycles. The third-order valence-corrected chi connectivity index (χ3v) is 5.17. The number of aromatic nitrogens is 3. The summed E-state index contributed by atoms with van der Waals surface area (Å²) in [5.41, 5.74) is 3.51. The molecule has 4 nitrogen and oxygen atoms in total. The lowest BCUT2D eigenvalue weighted by atomic mass is 10.0. The van der Waals surface area contributed by atoms with E-state index in [4.69, 9.17) is 35.4 Å². The number of halogens is 2. The second-order valence-electron chi connectivity index (χ2n) is 5.84. The van der Waals surface area contributed by atoms with Gasteiger partial charge < -0.3 is 4.90 Å². The van der Waals surface area contributed by atoms with E-state index >= 15 is 0 Å². The number of rotatable bonds is 2. The first-order chi connectivity index (χ1) is 11.1. The van der Waals surface area contributed by atoms with E-state index < -0.39 is 0 Å². The van der Waals surface area contributed by atoms with Crippen LogP contribution in [0.25, 0.3) is 5.65 Å². The van der Waals surface area contributed by atoms with Gasteiger partial charge in [-0.25, -0.2) is 0 Å². The van der Waals surface area contributed by atoms with Crippen LogP contribution in [0.3, 0.4) is 0 Å². The Hall–Kier alpha value is -1.40. The minimum absolute atomic E-state index is 0.515. The summed E-state index contributed by atoms with van der Waals surface area (Å²) in [5.74, 6) is 0. The van der Waals surface area contributed by atoms with Gasteiger partial charge in [0, 0.05) is 18.2 Å². The molecule has 7 heteroatoms. The number of benzene rings is 1. The molecule has 0 fully saturated rings. The molecule has 23 heavy (non-hydrogen) atoms. The largest absolute Gasteiger partial charge is 0.312 e. The van der Waals surface area contributed by atoms with Crippen LogP contribution in [0, 0.1) is 4.77 Å². The highest BCUT2D eigenvalue weighted by Gasteiger charge is 2.20. The maximum absolute atomic E-state index is 6.22. The summed E-state index contributed by atoms with van der Waals surface area (Å²) in [6.45, 7) is 2.78. The van der Waals surface area contributed by atoms with Crippen LogP contribution < -0.4 is 4.90 Å². The van der Waals surface area contributed by atoms with E-state index in [9.17, 15) is 0 Å². The Morgan fingerprint density at radius 1 is 1.22 bits per heavy atom. The number of hydrogen-bond donors (Lipinski definition) is 1. The minimum Gasteiger partial charge on any atom is -0.312 e. The first-order valence-corrected chi connectivity index (χ1v) is 8.63. The fraction of sp³-hybridized carbons (Fsp3) is 0.250. The zero-order valence-corrected chi connectivity index (χ0v) is 14.6. The van der Waals surface area contributed by atoms with Crippen molar-refractivity contribution in [3.05, 3.63) is 62.5 Å². The van der Waals surface area contributed by atoms with Gasteiger partial charge in [-0.2, -0.15) is 4.68 Å². The molecule has 0 saturated heterocycles. The molecule has 3 heterocycles. The number of quaternary nitrogens is 1. The summed E-state index contributed by atoms with van der Waals surface area (Å²) in [6.07, 6.45) is 2.84. The highest BCUT2D eigenvalue weighted by molar-refractivity contribution is 7.71. The van der Waals surface area contributed by atoms with Gasteiger partial charge >= 0.3 is 0 Å². The summed E-state index contributed by atoms with van der Waals surface area (Å²) in [4.78, 5) is 1.44. The molecular formula is C16H15Cl2N4S+. The summed E-state index contributed by atoms with van der Waals surface area (Å²) in [5, 5.41) is 5.64. The normalized spacial score (nSPS) is 17.4. The van der Waals surface area contributed by atoms with Gasteiger partial charge in [-0.3, -0.25) is 4.40 Å². The van der Waals surface area contributed by atoms with Crippen LogP contribution in [-0.4, -0.2) is 20.7 Å². The van der Waals surface area contributed by atoms with Crippen LogP contribution >= 0.6 is 35.4 Å².